The van der Waals surface area contributed by atoms with Crippen molar-refractivity contribution in [2.75, 3.05) is 17.3 Å². The number of carbonyl (C=O) groups is 1. The molecule has 1 unspecified atom stereocenters. The Morgan fingerprint density at radius 2 is 2.26 bits per heavy atom. The third-order valence-corrected chi connectivity index (χ3v) is 6.45. The van der Waals surface area contributed by atoms with Crippen molar-refractivity contribution in [1.29, 1.82) is 0 Å². The smallest absolute Gasteiger partial charge is 0.152 e. The first-order valence-electron chi connectivity index (χ1n) is 6.63. The van der Waals surface area contributed by atoms with Crippen LogP contribution in [0.4, 0.5) is 0 Å². The topological polar surface area (TPSA) is 34.9 Å². The Hall–Kier alpha value is -0.130. The van der Waals surface area contributed by atoms with Crippen LogP contribution < -0.4 is 0 Å². The van der Waals surface area contributed by atoms with E-state index >= 15 is 0 Å². The molecule has 1 fully saturated rings. The van der Waals surface area contributed by atoms with Crippen molar-refractivity contribution < 1.29 is 4.79 Å². The zero-order valence-electron chi connectivity index (χ0n) is 11.3. The molecule has 1 aliphatic heterocycles. The van der Waals surface area contributed by atoms with Crippen molar-refractivity contribution in [2.24, 2.45) is 0 Å². The van der Waals surface area contributed by atoms with Gasteiger partial charge in [0.1, 0.15) is 0 Å². The average Bonchev–Trinajstić information content (AvgIpc) is 2.76. The molecule has 106 valence electrons. The molecule has 1 atom stereocenters. The monoisotopic (exact) mass is 318 g/mol. The number of aromatic nitrogens is 2. The van der Waals surface area contributed by atoms with Crippen molar-refractivity contribution in [3.05, 3.63) is 16.4 Å². The molecule has 2 rings (SSSR count). The van der Waals surface area contributed by atoms with Crippen LogP contribution in [0.2, 0.25) is 5.02 Å². The van der Waals surface area contributed by atoms with E-state index in [-0.39, 0.29) is 11.0 Å². The summed E-state index contributed by atoms with van der Waals surface area (Å²) >= 11 is 9.99. The highest BCUT2D eigenvalue weighted by Crippen LogP contribution is 2.28. The summed E-state index contributed by atoms with van der Waals surface area (Å²) in [4.78, 5) is 12.4. The number of rotatable bonds is 5. The molecule has 0 N–H and O–H groups in total. The van der Waals surface area contributed by atoms with Gasteiger partial charge in [0, 0.05) is 23.8 Å². The summed E-state index contributed by atoms with van der Waals surface area (Å²) in [5.74, 6) is 3.45. The summed E-state index contributed by atoms with van der Waals surface area (Å²) in [7, 11) is 0. The van der Waals surface area contributed by atoms with Crippen LogP contribution in [0.25, 0.3) is 0 Å². The molecule has 0 spiro atoms. The van der Waals surface area contributed by atoms with Crippen LogP contribution in [-0.4, -0.2) is 38.1 Å². The molecule has 19 heavy (non-hydrogen) atoms. The number of nitrogens with zero attached hydrogens (tertiary/aromatic N) is 2. The Morgan fingerprint density at radius 3 is 2.84 bits per heavy atom. The van der Waals surface area contributed by atoms with Crippen molar-refractivity contribution in [1.82, 2.24) is 9.78 Å². The van der Waals surface area contributed by atoms with Crippen molar-refractivity contribution in [3.63, 3.8) is 0 Å². The normalized spacial score (nSPS) is 19.6. The van der Waals surface area contributed by atoms with Gasteiger partial charge in [0.05, 0.1) is 28.1 Å². The zero-order valence-corrected chi connectivity index (χ0v) is 13.7. The molecule has 6 heteroatoms. The molecule has 0 amide bonds. The molecule has 0 radical (unpaired) electrons. The van der Waals surface area contributed by atoms with Gasteiger partial charge < -0.3 is 0 Å². The number of thioether (sulfide) groups is 2. The predicted octanol–water partition coefficient (Wildman–Crippen LogP) is 3.08. The standard InChI is InChI=1S/C13H19ClN2OS2/c1-3-9-13(14)10(16(4-2)15-9)7-11(17)12-8-18-5-6-19-12/h12H,3-8H2,1-2H3. The van der Waals surface area contributed by atoms with Gasteiger partial charge in [-0.25, -0.2) is 0 Å². The summed E-state index contributed by atoms with van der Waals surface area (Å²) in [6.45, 7) is 4.82. The van der Waals surface area contributed by atoms with Gasteiger partial charge in [-0.05, 0) is 13.3 Å². The Bertz CT molecular complexity index is 456. The van der Waals surface area contributed by atoms with E-state index in [1.807, 2.05) is 30.3 Å². The van der Waals surface area contributed by atoms with Crippen LogP contribution in [0.5, 0.6) is 0 Å². The van der Waals surface area contributed by atoms with E-state index in [4.69, 9.17) is 11.6 Å². The second-order valence-corrected chi connectivity index (χ2v) is 7.29. The second-order valence-electron chi connectivity index (χ2n) is 4.45. The highest BCUT2D eigenvalue weighted by molar-refractivity contribution is 8.07. The molecule has 0 aliphatic carbocycles. The van der Waals surface area contributed by atoms with Crippen LogP contribution in [0.15, 0.2) is 0 Å². The number of Topliss-reactive ketones (excluding diaryl/α,β-unsaturated/α-hetero) is 1. The Kier molecular flexibility index (Phi) is 5.66. The highest BCUT2D eigenvalue weighted by atomic mass is 35.5. The fraction of sp³-hybridized carbons (Fsp3) is 0.692. The van der Waals surface area contributed by atoms with E-state index in [2.05, 4.69) is 5.10 Å². The average molecular weight is 319 g/mol. The molecule has 2 heterocycles. The van der Waals surface area contributed by atoms with Crippen LogP contribution >= 0.6 is 35.1 Å². The summed E-state index contributed by atoms with van der Waals surface area (Å²) in [6, 6.07) is 0. The number of carbonyl (C=O) groups excluding carboxylic acids is 1. The van der Waals surface area contributed by atoms with Gasteiger partial charge in [0.2, 0.25) is 0 Å². The van der Waals surface area contributed by atoms with Crippen LogP contribution in [-0.2, 0) is 24.2 Å². The van der Waals surface area contributed by atoms with Crippen LogP contribution in [0.3, 0.4) is 0 Å². The first-order chi connectivity index (χ1) is 9.17. The highest BCUT2D eigenvalue weighted by Gasteiger charge is 2.25. The van der Waals surface area contributed by atoms with Crippen LogP contribution in [0, 0.1) is 0 Å². The number of halogens is 1. The molecule has 0 bridgehead atoms. The lowest BCUT2D eigenvalue weighted by molar-refractivity contribution is -0.117. The number of hydrogen-bond acceptors (Lipinski definition) is 4. The summed E-state index contributed by atoms with van der Waals surface area (Å²) in [6.07, 6.45) is 1.22. The minimum Gasteiger partial charge on any atom is -0.298 e. The van der Waals surface area contributed by atoms with E-state index in [9.17, 15) is 4.79 Å². The molecule has 1 saturated heterocycles. The Morgan fingerprint density at radius 1 is 1.47 bits per heavy atom. The fourth-order valence-corrected chi connectivity index (χ4v) is 5.12. The van der Waals surface area contributed by atoms with Crippen molar-refractivity contribution >= 4 is 40.9 Å². The van der Waals surface area contributed by atoms with Gasteiger partial charge >= 0.3 is 0 Å². The van der Waals surface area contributed by atoms with E-state index in [1.165, 1.54) is 0 Å². The molecular formula is C13H19ClN2OS2. The molecule has 3 nitrogen and oxygen atoms in total. The Balaban J connectivity index is 2.13. The second kappa shape index (κ2) is 7.04. The third kappa shape index (κ3) is 3.50. The van der Waals surface area contributed by atoms with Crippen molar-refractivity contribution in [3.8, 4) is 0 Å². The summed E-state index contributed by atoms with van der Waals surface area (Å²) in [5.41, 5.74) is 1.79. The fourth-order valence-electron chi connectivity index (χ4n) is 2.14. The maximum atomic E-state index is 12.4. The molecule has 1 aliphatic rings. The number of aryl methyl sites for hydroxylation is 2. The third-order valence-electron chi connectivity index (χ3n) is 3.21. The summed E-state index contributed by atoms with van der Waals surface area (Å²) in [5, 5.41) is 5.28. The predicted molar refractivity (Wildman–Crippen MR) is 84.6 cm³/mol. The minimum atomic E-state index is 0.125. The van der Waals surface area contributed by atoms with E-state index in [1.54, 1.807) is 11.8 Å². The SMILES string of the molecule is CCc1nn(CC)c(CC(=O)C2CSCCS2)c1Cl. The molecule has 1 aromatic rings. The van der Waals surface area contributed by atoms with Crippen molar-refractivity contribution in [2.45, 2.75) is 38.5 Å². The van der Waals surface area contributed by atoms with Crippen LogP contribution in [0.1, 0.15) is 25.2 Å². The molecule has 1 aromatic heterocycles. The lowest BCUT2D eigenvalue weighted by atomic mass is 10.1. The molecular weight excluding hydrogens is 300 g/mol. The van der Waals surface area contributed by atoms with Gasteiger partial charge in [-0.15, -0.1) is 11.8 Å². The summed E-state index contributed by atoms with van der Waals surface area (Å²) < 4.78 is 1.87. The zero-order chi connectivity index (χ0) is 13.8. The minimum absolute atomic E-state index is 0.125. The van der Waals surface area contributed by atoms with E-state index in [0.717, 1.165) is 41.6 Å². The van der Waals surface area contributed by atoms with E-state index < -0.39 is 0 Å². The maximum absolute atomic E-state index is 12.4. The first kappa shape index (κ1) is 15.3. The van der Waals surface area contributed by atoms with Gasteiger partial charge in [0.15, 0.2) is 5.78 Å². The quantitative estimate of drug-likeness (QED) is 0.835. The molecule has 0 saturated carbocycles. The van der Waals surface area contributed by atoms with Gasteiger partial charge in [0.25, 0.3) is 0 Å². The maximum Gasteiger partial charge on any atom is 0.152 e. The van der Waals surface area contributed by atoms with E-state index in [0.29, 0.717) is 11.4 Å². The lowest BCUT2D eigenvalue weighted by Crippen LogP contribution is -2.26. The first-order valence-corrected chi connectivity index (χ1v) is 9.21. The number of ketones is 1. The number of hydrogen-bond donors (Lipinski definition) is 0. The largest absolute Gasteiger partial charge is 0.298 e. The Labute approximate surface area is 127 Å². The van der Waals surface area contributed by atoms with Gasteiger partial charge in [-0.3, -0.25) is 9.48 Å². The lowest BCUT2D eigenvalue weighted by Gasteiger charge is -2.19. The van der Waals surface area contributed by atoms with Gasteiger partial charge in [-0.2, -0.15) is 16.9 Å². The molecule has 0 aromatic carbocycles. The van der Waals surface area contributed by atoms with Gasteiger partial charge in [-0.1, -0.05) is 18.5 Å².